The van der Waals surface area contributed by atoms with E-state index in [0.717, 1.165) is 12.2 Å². The minimum Gasteiger partial charge on any atom is -0.315 e. The van der Waals surface area contributed by atoms with E-state index in [9.17, 15) is 4.79 Å². The number of amides is 1. The molecule has 0 spiro atoms. The molecule has 2 aromatic rings. The Morgan fingerprint density at radius 2 is 1.86 bits per heavy atom. The zero-order chi connectivity index (χ0) is 15.1. The van der Waals surface area contributed by atoms with E-state index in [2.05, 4.69) is 36.5 Å². The lowest BCUT2D eigenvalue weighted by Crippen LogP contribution is -2.29. The number of aryl methyl sites for hydroxylation is 1. The second-order valence-electron chi connectivity index (χ2n) is 5.20. The molecule has 0 aromatic heterocycles. The van der Waals surface area contributed by atoms with Gasteiger partial charge in [0.05, 0.1) is 0 Å². The first kappa shape index (κ1) is 15.3. The van der Waals surface area contributed by atoms with Crippen LogP contribution in [0.1, 0.15) is 17.5 Å². The van der Waals surface area contributed by atoms with Crippen molar-refractivity contribution in [3.8, 4) is 0 Å². The van der Waals surface area contributed by atoms with Gasteiger partial charge in [0.2, 0.25) is 5.91 Å². The van der Waals surface area contributed by atoms with Crippen LogP contribution in [0.15, 0.2) is 54.6 Å². The highest BCUT2D eigenvalue weighted by Crippen LogP contribution is 2.11. The van der Waals surface area contributed by atoms with Crippen LogP contribution in [0, 0.1) is 6.92 Å². The topological polar surface area (TPSA) is 32.3 Å². The van der Waals surface area contributed by atoms with Crippen LogP contribution in [-0.2, 0) is 11.3 Å². The van der Waals surface area contributed by atoms with Crippen LogP contribution >= 0.6 is 0 Å². The summed E-state index contributed by atoms with van der Waals surface area (Å²) in [7, 11) is 1.82. The Kier molecular flexibility index (Phi) is 5.52. The molecule has 2 rings (SSSR count). The monoisotopic (exact) mass is 282 g/mol. The maximum absolute atomic E-state index is 12.1. The van der Waals surface area contributed by atoms with Crippen LogP contribution < -0.4 is 10.2 Å². The SMILES string of the molecule is Cc1cccc(CNCCC(=O)N(C)c2ccccc2)c1. The number of rotatable bonds is 6. The lowest BCUT2D eigenvalue weighted by atomic mass is 10.1. The molecule has 0 unspecified atom stereocenters. The van der Waals surface area contributed by atoms with E-state index in [1.54, 1.807) is 4.90 Å². The van der Waals surface area contributed by atoms with E-state index in [-0.39, 0.29) is 5.91 Å². The molecule has 0 radical (unpaired) electrons. The molecule has 0 atom stereocenters. The first-order chi connectivity index (χ1) is 10.2. The van der Waals surface area contributed by atoms with Crippen molar-refractivity contribution in [2.24, 2.45) is 0 Å². The van der Waals surface area contributed by atoms with E-state index < -0.39 is 0 Å². The first-order valence-electron chi connectivity index (χ1n) is 7.24. The Hall–Kier alpha value is -2.13. The summed E-state index contributed by atoms with van der Waals surface area (Å²) in [5.74, 6) is 0.123. The van der Waals surface area contributed by atoms with E-state index in [4.69, 9.17) is 0 Å². The standard InChI is InChI=1S/C18H22N2O/c1-15-7-6-8-16(13-15)14-19-12-11-18(21)20(2)17-9-4-3-5-10-17/h3-10,13,19H,11-12,14H2,1-2H3. The first-order valence-corrected chi connectivity index (χ1v) is 7.24. The average Bonchev–Trinajstić information content (AvgIpc) is 2.51. The van der Waals surface area contributed by atoms with Gasteiger partial charge in [0.1, 0.15) is 0 Å². The highest BCUT2D eigenvalue weighted by atomic mass is 16.2. The third kappa shape index (κ3) is 4.72. The second-order valence-corrected chi connectivity index (χ2v) is 5.20. The lowest BCUT2D eigenvalue weighted by molar-refractivity contribution is -0.118. The van der Waals surface area contributed by atoms with Crippen LogP contribution in [0.25, 0.3) is 0 Å². The summed E-state index contributed by atoms with van der Waals surface area (Å²) in [6, 6.07) is 18.1. The molecule has 0 heterocycles. The third-order valence-electron chi connectivity index (χ3n) is 3.44. The van der Waals surface area contributed by atoms with Crippen LogP contribution in [0.5, 0.6) is 0 Å². The molecule has 0 aliphatic heterocycles. The Morgan fingerprint density at radius 1 is 1.10 bits per heavy atom. The normalized spacial score (nSPS) is 10.4. The van der Waals surface area contributed by atoms with E-state index in [1.807, 2.05) is 37.4 Å². The Bertz CT molecular complexity index is 581. The molecule has 0 aliphatic carbocycles. The van der Waals surface area contributed by atoms with Crippen LogP contribution in [0.2, 0.25) is 0 Å². The number of carbonyl (C=O) groups is 1. The molecule has 0 saturated heterocycles. The van der Waals surface area contributed by atoms with Gasteiger partial charge in [-0.3, -0.25) is 4.79 Å². The van der Waals surface area contributed by atoms with Crippen molar-refractivity contribution in [1.82, 2.24) is 5.32 Å². The molecule has 0 fully saturated rings. The number of anilines is 1. The van der Waals surface area contributed by atoms with Gasteiger partial charge in [-0.25, -0.2) is 0 Å². The summed E-state index contributed by atoms with van der Waals surface area (Å²) in [5, 5.41) is 3.32. The van der Waals surface area contributed by atoms with E-state index >= 15 is 0 Å². The van der Waals surface area contributed by atoms with Gasteiger partial charge < -0.3 is 10.2 Å². The minimum atomic E-state index is 0.123. The molecule has 0 saturated carbocycles. The Morgan fingerprint density at radius 3 is 2.57 bits per heavy atom. The fourth-order valence-electron chi connectivity index (χ4n) is 2.21. The number of hydrogen-bond donors (Lipinski definition) is 1. The summed E-state index contributed by atoms with van der Waals surface area (Å²) < 4.78 is 0. The summed E-state index contributed by atoms with van der Waals surface area (Å²) >= 11 is 0. The summed E-state index contributed by atoms with van der Waals surface area (Å²) in [4.78, 5) is 13.8. The molecule has 21 heavy (non-hydrogen) atoms. The number of hydrogen-bond acceptors (Lipinski definition) is 2. The highest BCUT2D eigenvalue weighted by molar-refractivity contribution is 5.92. The van der Waals surface area contributed by atoms with Crippen LogP contribution in [0.4, 0.5) is 5.69 Å². The van der Waals surface area contributed by atoms with Gasteiger partial charge in [0.15, 0.2) is 0 Å². The van der Waals surface area contributed by atoms with Crippen LogP contribution in [-0.4, -0.2) is 19.5 Å². The maximum atomic E-state index is 12.1. The van der Waals surface area contributed by atoms with Crippen molar-refractivity contribution in [2.75, 3.05) is 18.5 Å². The van der Waals surface area contributed by atoms with E-state index in [0.29, 0.717) is 13.0 Å². The summed E-state index contributed by atoms with van der Waals surface area (Å²) in [6.45, 7) is 3.57. The molecule has 1 amide bonds. The largest absolute Gasteiger partial charge is 0.315 e. The van der Waals surface area contributed by atoms with Crippen molar-refractivity contribution in [3.05, 3.63) is 65.7 Å². The Labute approximate surface area is 126 Å². The third-order valence-corrected chi connectivity index (χ3v) is 3.44. The number of benzene rings is 2. The fraction of sp³-hybridized carbons (Fsp3) is 0.278. The number of carbonyl (C=O) groups excluding carboxylic acids is 1. The summed E-state index contributed by atoms with van der Waals surface area (Å²) in [6.07, 6.45) is 0.497. The number of nitrogens with one attached hydrogen (secondary N) is 1. The van der Waals surface area contributed by atoms with Gasteiger partial charge in [0.25, 0.3) is 0 Å². The van der Waals surface area contributed by atoms with Gasteiger partial charge in [-0.15, -0.1) is 0 Å². The highest BCUT2D eigenvalue weighted by Gasteiger charge is 2.09. The molecule has 1 N–H and O–H groups in total. The maximum Gasteiger partial charge on any atom is 0.227 e. The molecular weight excluding hydrogens is 260 g/mol. The predicted octanol–water partition coefficient (Wildman–Crippen LogP) is 3.14. The Balaban J connectivity index is 1.74. The van der Waals surface area contributed by atoms with Crippen molar-refractivity contribution >= 4 is 11.6 Å². The van der Waals surface area contributed by atoms with Crippen molar-refractivity contribution in [3.63, 3.8) is 0 Å². The molecular formula is C18H22N2O. The van der Waals surface area contributed by atoms with Gasteiger partial charge in [-0.05, 0) is 24.6 Å². The van der Waals surface area contributed by atoms with Gasteiger partial charge in [0, 0.05) is 32.2 Å². The van der Waals surface area contributed by atoms with Crippen molar-refractivity contribution < 1.29 is 4.79 Å². The molecule has 2 aromatic carbocycles. The van der Waals surface area contributed by atoms with E-state index in [1.165, 1.54) is 11.1 Å². The van der Waals surface area contributed by atoms with Gasteiger partial charge in [-0.2, -0.15) is 0 Å². The van der Waals surface area contributed by atoms with Gasteiger partial charge in [-0.1, -0.05) is 48.0 Å². The predicted molar refractivity (Wildman–Crippen MR) is 87.4 cm³/mol. The summed E-state index contributed by atoms with van der Waals surface area (Å²) in [5.41, 5.74) is 3.44. The molecule has 0 aliphatic rings. The minimum absolute atomic E-state index is 0.123. The lowest BCUT2D eigenvalue weighted by Gasteiger charge is -2.17. The van der Waals surface area contributed by atoms with Crippen molar-refractivity contribution in [2.45, 2.75) is 19.9 Å². The average molecular weight is 282 g/mol. The van der Waals surface area contributed by atoms with Crippen molar-refractivity contribution in [1.29, 1.82) is 0 Å². The fourth-order valence-corrected chi connectivity index (χ4v) is 2.21. The smallest absolute Gasteiger partial charge is 0.227 e. The van der Waals surface area contributed by atoms with Gasteiger partial charge >= 0.3 is 0 Å². The molecule has 3 nitrogen and oxygen atoms in total. The quantitative estimate of drug-likeness (QED) is 0.826. The molecule has 3 heteroatoms. The van der Waals surface area contributed by atoms with Crippen LogP contribution in [0.3, 0.4) is 0 Å². The number of nitrogens with zero attached hydrogens (tertiary/aromatic N) is 1. The molecule has 0 bridgehead atoms. The second kappa shape index (κ2) is 7.60. The number of para-hydroxylation sites is 1. The zero-order valence-corrected chi connectivity index (χ0v) is 12.7. The zero-order valence-electron chi connectivity index (χ0n) is 12.7. The molecule has 110 valence electrons.